The third-order valence-electron chi connectivity index (χ3n) is 3.31. The van der Waals surface area contributed by atoms with Crippen LogP contribution in [0.5, 0.6) is 0 Å². The lowest BCUT2D eigenvalue weighted by Gasteiger charge is -2.12. The van der Waals surface area contributed by atoms with Gasteiger partial charge in [0.15, 0.2) is 0 Å². The molecular formula is C18H20BrNOS. The fourth-order valence-corrected chi connectivity index (χ4v) is 3.35. The van der Waals surface area contributed by atoms with Crippen molar-refractivity contribution in [3.8, 4) is 0 Å². The molecule has 1 atom stereocenters. The Bertz CT molecular complexity index is 603. The van der Waals surface area contributed by atoms with E-state index in [1.165, 1.54) is 11.1 Å². The third-order valence-corrected chi connectivity index (χ3v) is 5.02. The average Bonchev–Trinajstić information content (AvgIpc) is 2.53. The lowest BCUT2D eigenvalue weighted by atomic mass is 10.1. The summed E-state index contributed by atoms with van der Waals surface area (Å²) < 4.78 is 1.07. The molecule has 2 nitrogen and oxygen atoms in total. The summed E-state index contributed by atoms with van der Waals surface area (Å²) in [7, 11) is 0. The molecule has 0 aliphatic carbocycles. The van der Waals surface area contributed by atoms with E-state index in [0.717, 1.165) is 16.6 Å². The second-order valence-corrected chi connectivity index (χ2v) is 7.35. The lowest BCUT2D eigenvalue weighted by molar-refractivity contribution is -0.120. The number of hydrogen-bond acceptors (Lipinski definition) is 2. The molecule has 1 N–H and O–H groups in total. The topological polar surface area (TPSA) is 29.1 Å². The molecule has 0 saturated carbocycles. The molecule has 0 bridgehead atoms. The van der Waals surface area contributed by atoms with Gasteiger partial charge in [0, 0.05) is 16.8 Å². The predicted octanol–water partition coefficient (Wildman–Crippen LogP) is 4.43. The number of carbonyl (C=O) groups is 1. The van der Waals surface area contributed by atoms with Crippen LogP contribution in [0.15, 0.2) is 59.1 Å². The zero-order valence-corrected chi connectivity index (χ0v) is 15.0. The standard InChI is InChI=1S/C18H20BrNOS/c1-14(22-13-16-8-5-9-17(19)12-16)18(21)20-11-10-15-6-3-2-4-7-15/h2-9,12,14H,10-11,13H2,1H3,(H,20,21). The number of benzene rings is 2. The molecule has 1 amide bonds. The summed E-state index contributed by atoms with van der Waals surface area (Å²) >= 11 is 5.13. The average molecular weight is 378 g/mol. The minimum Gasteiger partial charge on any atom is -0.355 e. The van der Waals surface area contributed by atoms with Crippen LogP contribution in [-0.2, 0) is 17.0 Å². The summed E-state index contributed by atoms with van der Waals surface area (Å²) in [6, 6.07) is 18.4. The molecule has 0 heterocycles. The van der Waals surface area contributed by atoms with Gasteiger partial charge in [-0.3, -0.25) is 4.79 Å². The molecule has 0 aliphatic rings. The van der Waals surface area contributed by atoms with Crippen LogP contribution in [-0.4, -0.2) is 17.7 Å². The van der Waals surface area contributed by atoms with E-state index in [9.17, 15) is 4.79 Å². The number of halogens is 1. The van der Waals surface area contributed by atoms with E-state index in [1.807, 2.05) is 37.3 Å². The van der Waals surface area contributed by atoms with Gasteiger partial charge in [-0.15, -0.1) is 11.8 Å². The summed E-state index contributed by atoms with van der Waals surface area (Å²) in [4.78, 5) is 12.1. The van der Waals surface area contributed by atoms with Crippen molar-refractivity contribution < 1.29 is 4.79 Å². The number of thioether (sulfide) groups is 1. The second kappa shape index (κ2) is 9.01. The predicted molar refractivity (Wildman–Crippen MR) is 98.1 cm³/mol. The fraction of sp³-hybridized carbons (Fsp3) is 0.278. The first-order chi connectivity index (χ1) is 10.6. The third kappa shape index (κ3) is 5.85. The largest absolute Gasteiger partial charge is 0.355 e. The van der Waals surface area contributed by atoms with Gasteiger partial charge in [0.1, 0.15) is 0 Å². The maximum Gasteiger partial charge on any atom is 0.232 e. The Labute approximate surface area is 144 Å². The van der Waals surface area contributed by atoms with Crippen LogP contribution < -0.4 is 5.32 Å². The molecule has 0 aromatic heterocycles. The van der Waals surface area contributed by atoms with Gasteiger partial charge in [-0.25, -0.2) is 0 Å². The lowest BCUT2D eigenvalue weighted by Crippen LogP contribution is -2.32. The van der Waals surface area contributed by atoms with Gasteiger partial charge in [-0.1, -0.05) is 58.4 Å². The van der Waals surface area contributed by atoms with Crippen molar-refractivity contribution in [3.63, 3.8) is 0 Å². The van der Waals surface area contributed by atoms with E-state index in [-0.39, 0.29) is 11.2 Å². The van der Waals surface area contributed by atoms with E-state index in [2.05, 4.69) is 45.5 Å². The van der Waals surface area contributed by atoms with Crippen LogP contribution in [0, 0.1) is 0 Å². The van der Waals surface area contributed by atoms with Crippen molar-refractivity contribution in [2.75, 3.05) is 6.54 Å². The minimum atomic E-state index is -0.0465. The van der Waals surface area contributed by atoms with Crippen molar-refractivity contribution in [2.45, 2.75) is 24.3 Å². The van der Waals surface area contributed by atoms with Crippen LogP contribution in [0.25, 0.3) is 0 Å². The zero-order chi connectivity index (χ0) is 15.8. The first kappa shape index (κ1) is 17.1. The highest BCUT2D eigenvalue weighted by molar-refractivity contribution is 9.10. The van der Waals surface area contributed by atoms with E-state index < -0.39 is 0 Å². The molecule has 0 fully saturated rings. The van der Waals surface area contributed by atoms with Crippen LogP contribution in [0.4, 0.5) is 0 Å². The number of nitrogens with one attached hydrogen (secondary N) is 1. The molecule has 116 valence electrons. The molecular weight excluding hydrogens is 358 g/mol. The molecule has 0 aliphatic heterocycles. The summed E-state index contributed by atoms with van der Waals surface area (Å²) in [6.45, 7) is 2.64. The molecule has 4 heteroatoms. The van der Waals surface area contributed by atoms with E-state index >= 15 is 0 Å². The van der Waals surface area contributed by atoms with Crippen molar-refractivity contribution in [3.05, 3.63) is 70.2 Å². The summed E-state index contributed by atoms with van der Waals surface area (Å²) in [5, 5.41) is 2.96. The number of rotatable bonds is 7. The highest BCUT2D eigenvalue weighted by atomic mass is 79.9. The normalized spacial score (nSPS) is 11.9. The Balaban J connectivity index is 1.70. The van der Waals surface area contributed by atoms with Gasteiger partial charge in [-0.2, -0.15) is 0 Å². The molecule has 2 aromatic carbocycles. The Morgan fingerprint density at radius 3 is 2.59 bits per heavy atom. The fourth-order valence-electron chi connectivity index (χ4n) is 2.04. The van der Waals surface area contributed by atoms with Gasteiger partial charge in [0.2, 0.25) is 5.91 Å². The summed E-state index contributed by atoms with van der Waals surface area (Å²) in [5.74, 6) is 0.947. The van der Waals surface area contributed by atoms with Crippen LogP contribution in [0.1, 0.15) is 18.1 Å². The monoisotopic (exact) mass is 377 g/mol. The van der Waals surface area contributed by atoms with Crippen LogP contribution in [0.2, 0.25) is 0 Å². The van der Waals surface area contributed by atoms with E-state index in [0.29, 0.717) is 6.54 Å². The van der Waals surface area contributed by atoms with Crippen molar-refractivity contribution in [2.24, 2.45) is 0 Å². The first-order valence-corrected chi connectivity index (χ1v) is 9.17. The molecule has 22 heavy (non-hydrogen) atoms. The van der Waals surface area contributed by atoms with Gasteiger partial charge < -0.3 is 5.32 Å². The Morgan fingerprint density at radius 1 is 1.14 bits per heavy atom. The van der Waals surface area contributed by atoms with Crippen molar-refractivity contribution in [1.82, 2.24) is 5.32 Å². The SMILES string of the molecule is CC(SCc1cccc(Br)c1)C(=O)NCCc1ccccc1. The second-order valence-electron chi connectivity index (χ2n) is 5.11. The zero-order valence-electron chi connectivity index (χ0n) is 12.6. The van der Waals surface area contributed by atoms with Crippen molar-refractivity contribution >= 4 is 33.6 Å². The van der Waals surface area contributed by atoms with Crippen LogP contribution >= 0.6 is 27.7 Å². The van der Waals surface area contributed by atoms with Crippen molar-refractivity contribution in [1.29, 1.82) is 0 Å². The molecule has 2 rings (SSSR count). The molecule has 1 unspecified atom stereocenters. The molecule has 0 saturated heterocycles. The van der Waals surface area contributed by atoms with Crippen LogP contribution in [0.3, 0.4) is 0 Å². The van der Waals surface area contributed by atoms with Gasteiger partial charge >= 0.3 is 0 Å². The highest BCUT2D eigenvalue weighted by Crippen LogP contribution is 2.20. The Hall–Kier alpha value is -1.26. The highest BCUT2D eigenvalue weighted by Gasteiger charge is 2.12. The quantitative estimate of drug-likeness (QED) is 0.772. The minimum absolute atomic E-state index is 0.0465. The Morgan fingerprint density at radius 2 is 1.86 bits per heavy atom. The maximum absolute atomic E-state index is 12.1. The first-order valence-electron chi connectivity index (χ1n) is 7.33. The number of hydrogen-bond donors (Lipinski definition) is 1. The van der Waals surface area contributed by atoms with E-state index in [1.54, 1.807) is 11.8 Å². The summed E-state index contributed by atoms with van der Waals surface area (Å²) in [6.07, 6.45) is 0.871. The van der Waals surface area contributed by atoms with Gasteiger partial charge in [0.25, 0.3) is 0 Å². The van der Waals surface area contributed by atoms with Gasteiger partial charge in [0.05, 0.1) is 5.25 Å². The number of amides is 1. The number of carbonyl (C=O) groups excluding carboxylic acids is 1. The maximum atomic E-state index is 12.1. The Kier molecular flexibility index (Phi) is 7.00. The molecule has 0 spiro atoms. The van der Waals surface area contributed by atoms with Gasteiger partial charge in [-0.05, 0) is 36.6 Å². The smallest absolute Gasteiger partial charge is 0.232 e. The van der Waals surface area contributed by atoms with E-state index in [4.69, 9.17) is 0 Å². The summed E-state index contributed by atoms with van der Waals surface area (Å²) in [5.41, 5.74) is 2.47. The molecule has 0 radical (unpaired) electrons. The molecule has 2 aromatic rings.